The molecule has 0 spiro atoms. The van der Waals surface area contributed by atoms with Crippen molar-refractivity contribution in [3.8, 4) is 0 Å². The summed E-state index contributed by atoms with van der Waals surface area (Å²) in [4.78, 5) is 51.8. The molecular formula is C12H19ClFN4O13P3. The van der Waals surface area contributed by atoms with Gasteiger partial charge in [-0.25, -0.2) is 23.1 Å². The van der Waals surface area contributed by atoms with Crippen LogP contribution in [0, 0.1) is 0 Å². The van der Waals surface area contributed by atoms with E-state index in [1.807, 2.05) is 0 Å². The second-order valence-corrected chi connectivity index (χ2v) is 11.8. The Morgan fingerprint density at radius 1 is 1.24 bits per heavy atom. The number of imidazole rings is 1. The zero-order valence-electron chi connectivity index (χ0n) is 16.8. The average molecular weight is 575 g/mol. The van der Waals surface area contributed by atoms with Crippen LogP contribution in [-0.2, 0) is 31.6 Å². The van der Waals surface area contributed by atoms with Crippen LogP contribution in [0.15, 0.2) is 6.33 Å². The van der Waals surface area contributed by atoms with E-state index in [1.54, 1.807) is 6.92 Å². The lowest BCUT2D eigenvalue weighted by molar-refractivity contribution is -0.111. The van der Waals surface area contributed by atoms with Crippen molar-refractivity contribution in [2.45, 2.75) is 37.2 Å². The SMILES string of the molecule is CC1NC(=O)c2ncn([C@@H]3O[C@](CCl)(COP(=O)(O)OP(=O)(O)OP(=O)(O)O)[C@@H](O)[C@H]3F)c2N1. The Bertz CT molecular complexity index is 1100. The minimum Gasteiger partial charge on any atom is -0.387 e. The number of alkyl halides is 2. The smallest absolute Gasteiger partial charge is 0.387 e. The van der Waals surface area contributed by atoms with Crippen molar-refractivity contribution in [2.24, 2.45) is 0 Å². The topological polar surface area (TPSA) is 248 Å². The number of aromatic nitrogens is 2. The third-order valence-corrected chi connectivity index (χ3v) is 8.80. The number of amides is 1. The Balaban J connectivity index is 1.79. The summed E-state index contributed by atoms with van der Waals surface area (Å²) in [6.07, 6.45) is -5.49. The summed E-state index contributed by atoms with van der Waals surface area (Å²) in [5.74, 6) is -1.25. The van der Waals surface area contributed by atoms with Crippen LogP contribution in [-0.4, -0.2) is 76.7 Å². The summed E-state index contributed by atoms with van der Waals surface area (Å²) in [5, 5.41) is 15.8. The van der Waals surface area contributed by atoms with Gasteiger partial charge in [0.15, 0.2) is 18.1 Å². The highest BCUT2D eigenvalue weighted by molar-refractivity contribution is 7.66. The Labute approximate surface area is 194 Å². The van der Waals surface area contributed by atoms with Gasteiger partial charge in [0.25, 0.3) is 5.91 Å². The third-order valence-electron chi connectivity index (χ3n) is 4.57. The lowest BCUT2D eigenvalue weighted by Crippen LogP contribution is -2.47. The fourth-order valence-electron chi connectivity index (χ4n) is 3.16. The number of carbonyl (C=O) groups is 1. The standard InChI is InChI=1S/C12H19ClFN4O13P3/c1-5-16-9-7(10(20)17-5)15-4-18(9)11-6(14)8(19)12(2-13,29-11)3-28-33(24,25)31-34(26,27)30-32(21,22)23/h4-6,8,11,16,19H,2-3H2,1H3,(H,17,20)(H,24,25)(H,26,27)(H2,21,22,23)/t5?,6-,8+,11-,12-/m1/s1. The first kappa shape index (κ1) is 27.6. The van der Waals surface area contributed by atoms with E-state index in [1.165, 1.54) is 0 Å². The quantitative estimate of drug-likeness (QED) is 0.151. The van der Waals surface area contributed by atoms with E-state index in [9.17, 15) is 33.4 Å². The number of carbonyl (C=O) groups excluding carboxylic acids is 1. The van der Waals surface area contributed by atoms with Crippen LogP contribution in [0.3, 0.4) is 0 Å². The van der Waals surface area contributed by atoms with Crippen molar-refractivity contribution in [3.05, 3.63) is 12.0 Å². The molecule has 0 aromatic carbocycles. The van der Waals surface area contributed by atoms with Crippen molar-refractivity contribution < 1.29 is 65.4 Å². The summed E-state index contributed by atoms with van der Waals surface area (Å²) in [7, 11) is -17.0. The Hall–Kier alpha value is -0.970. The van der Waals surface area contributed by atoms with Gasteiger partial charge in [0, 0.05) is 0 Å². The van der Waals surface area contributed by atoms with E-state index in [0.717, 1.165) is 10.9 Å². The van der Waals surface area contributed by atoms with Gasteiger partial charge in [-0.1, -0.05) is 0 Å². The van der Waals surface area contributed by atoms with Crippen molar-refractivity contribution in [3.63, 3.8) is 0 Å². The zero-order chi connectivity index (χ0) is 25.7. The first-order valence-electron chi connectivity index (χ1n) is 8.98. The summed E-state index contributed by atoms with van der Waals surface area (Å²) < 4.78 is 67.4. The Kier molecular flexibility index (Phi) is 7.70. The van der Waals surface area contributed by atoms with E-state index >= 15 is 4.39 Å². The van der Waals surface area contributed by atoms with Crippen LogP contribution in [0.1, 0.15) is 23.6 Å². The van der Waals surface area contributed by atoms with E-state index < -0.39 is 72.1 Å². The molecule has 7 N–H and O–H groups in total. The molecular weight excluding hydrogens is 556 g/mol. The van der Waals surface area contributed by atoms with Crippen LogP contribution >= 0.6 is 35.1 Å². The molecule has 0 bridgehead atoms. The summed E-state index contributed by atoms with van der Waals surface area (Å²) >= 11 is 5.81. The molecule has 1 aromatic rings. The van der Waals surface area contributed by atoms with Crippen LogP contribution in [0.2, 0.25) is 0 Å². The van der Waals surface area contributed by atoms with Crippen LogP contribution in [0.4, 0.5) is 10.2 Å². The van der Waals surface area contributed by atoms with Gasteiger partial charge in [-0.3, -0.25) is 13.9 Å². The van der Waals surface area contributed by atoms with Crippen molar-refractivity contribution >= 4 is 46.8 Å². The minimum atomic E-state index is -5.80. The highest BCUT2D eigenvalue weighted by atomic mass is 35.5. The number of aliphatic hydroxyl groups is 1. The maximum Gasteiger partial charge on any atom is 0.490 e. The first-order valence-corrected chi connectivity index (χ1v) is 14.0. The van der Waals surface area contributed by atoms with Gasteiger partial charge in [0.05, 0.1) is 25.0 Å². The molecule has 22 heteroatoms. The van der Waals surface area contributed by atoms with Gasteiger partial charge in [-0.2, -0.15) is 8.62 Å². The van der Waals surface area contributed by atoms with Gasteiger partial charge in [0.2, 0.25) is 0 Å². The highest BCUT2D eigenvalue weighted by Crippen LogP contribution is 2.66. The monoisotopic (exact) mass is 574 g/mol. The number of fused-ring (bicyclic) bond motifs is 1. The number of anilines is 1. The van der Waals surface area contributed by atoms with Crippen molar-refractivity contribution in [2.75, 3.05) is 17.8 Å². The average Bonchev–Trinajstić information content (AvgIpc) is 3.18. The fourth-order valence-corrected chi connectivity index (χ4v) is 6.54. The van der Waals surface area contributed by atoms with E-state index in [4.69, 9.17) is 26.1 Å². The predicted molar refractivity (Wildman–Crippen MR) is 107 cm³/mol. The molecule has 0 aliphatic carbocycles. The van der Waals surface area contributed by atoms with Crippen molar-refractivity contribution in [1.82, 2.24) is 14.9 Å². The van der Waals surface area contributed by atoms with Gasteiger partial charge in [-0.15, -0.1) is 11.6 Å². The maximum atomic E-state index is 15.0. The second-order valence-electron chi connectivity index (χ2n) is 7.15. The van der Waals surface area contributed by atoms with Gasteiger partial charge >= 0.3 is 23.5 Å². The number of phosphoric ester groups is 1. The summed E-state index contributed by atoms with van der Waals surface area (Å²) in [6, 6.07) is 0. The summed E-state index contributed by atoms with van der Waals surface area (Å²) in [5.41, 5.74) is -2.32. The van der Waals surface area contributed by atoms with Crippen LogP contribution in [0.25, 0.3) is 0 Å². The number of hydrogen-bond donors (Lipinski definition) is 7. The predicted octanol–water partition coefficient (Wildman–Crippen LogP) is -0.0669. The normalized spacial score (nSPS) is 32.9. The number of nitrogens with zero attached hydrogens (tertiary/aromatic N) is 2. The highest BCUT2D eigenvalue weighted by Gasteiger charge is 2.57. The lowest BCUT2D eigenvalue weighted by atomic mass is 9.99. The molecule has 34 heavy (non-hydrogen) atoms. The number of rotatable bonds is 9. The molecule has 1 amide bonds. The molecule has 17 nitrogen and oxygen atoms in total. The van der Waals surface area contributed by atoms with E-state index in [2.05, 4.69) is 28.8 Å². The molecule has 3 rings (SSSR count). The molecule has 1 saturated heterocycles. The molecule has 2 aliphatic rings. The Morgan fingerprint density at radius 2 is 1.88 bits per heavy atom. The number of halogens is 2. The minimum absolute atomic E-state index is 0.0503. The molecule has 0 radical (unpaired) electrons. The Morgan fingerprint density at radius 3 is 2.47 bits per heavy atom. The molecule has 3 heterocycles. The first-order chi connectivity index (χ1) is 15.5. The number of ether oxygens (including phenoxy) is 1. The van der Waals surface area contributed by atoms with E-state index in [0.29, 0.717) is 0 Å². The van der Waals surface area contributed by atoms with Gasteiger partial charge in [0.1, 0.15) is 17.5 Å². The molecule has 194 valence electrons. The molecule has 1 aromatic heterocycles. The van der Waals surface area contributed by atoms with Crippen molar-refractivity contribution in [1.29, 1.82) is 0 Å². The molecule has 0 saturated carbocycles. The van der Waals surface area contributed by atoms with Crippen LogP contribution in [0.5, 0.6) is 0 Å². The lowest BCUT2D eigenvalue weighted by Gasteiger charge is -2.30. The number of phosphoric acid groups is 3. The molecule has 2 aliphatic heterocycles. The number of nitrogens with one attached hydrogen (secondary N) is 2. The molecule has 1 fully saturated rings. The number of aliphatic hydroxyl groups excluding tert-OH is 1. The maximum absolute atomic E-state index is 15.0. The largest absolute Gasteiger partial charge is 0.490 e. The van der Waals surface area contributed by atoms with E-state index in [-0.39, 0.29) is 11.5 Å². The fraction of sp³-hybridized carbons (Fsp3) is 0.667. The zero-order valence-corrected chi connectivity index (χ0v) is 20.2. The van der Waals surface area contributed by atoms with Gasteiger partial charge < -0.3 is 40.1 Å². The second kappa shape index (κ2) is 9.48. The molecule has 3 unspecified atom stereocenters. The molecule has 7 atom stereocenters. The third kappa shape index (κ3) is 5.87. The van der Waals surface area contributed by atoms with Crippen LogP contribution < -0.4 is 10.6 Å². The summed E-state index contributed by atoms with van der Waals surface area (Å²) in [6.45, 7) is 0.390. The number of hydrogen-bond acceptors (Lipinski definition) is 11. The van der Waals surface area contributed by atoms with Gasteiger partial charge in [-0.05, 0) is 6.92 Å².